The van der Waals surface area contributed by atoms with Crippen LogP contribution in [0, 0.1) is 0 Å². The molecule has 2 aliphatic heterocycles. The number of hydrogen-bond donors (Lipinski definition) is 0. The third-order valence-corrected chi connectivity index (χ3v) is 12.6. The Bertz CT molecular complexity index is 3030. The largest absolute Gasteiger partial charge is 0.335 e. The summed E-state index contributed by atoms with van der Waals surface area (Å²) in [5.74, 6) is 0.233. The summed E-state index contributed by atoms with van der Waals surface area (Å²) in [5, 5.41) is 7.66. The highest BCUT2D eigenvalue weighted by atomic mass is 15.2. The molecule has 0 aromatic heterocycles. The van der Waals surface area contributed by atoms with Crippen LogP contribution in [0.2, 0.25) is 5.82 Å². The first-order chi connectivity index (χ1) is 28.8. The lowest BCUT2D eigenvalue weighted by atomic mass is 9.29. The van der Waals surface area contributed by atoms with Gasteiger partial charge in [-0.25, -0.2) is 0 Å². The van der Waals surface area contributed by atoms with Gasteiger partial charge in [0.2, 0.25) is 6.71 Å². The monoisotopic (exact) mass is 739 g/mol. The first-order valence-electron chi connectivity index (χ1n) is 20.3. The molecule has 1 aliphatic carbocycles. The average Bonchev–Trinajstić information content (AvgIpc) is 3.30. The fourth-order valence-corrected chi connectivity index (χ4v) is 10.2. The standard InChI is InChI=1S/C54H38BN3/c1-4-17-37(18-5-1)56(38-19-6-2-7-20-38)41-32-34-49-53(36-41)58(40-31-33-46-44-25-11-10-23-42(44)43-24-12-13-26-45(43)47(46)35-40)52-30-16-29-51-54(52)55(49)48-27-14-15-28-50(48)57(51)39-21-8-3-9-22-39/h1-36,48,50H. The van der Waals surface area contributed by atoms with E-state index >= 15 is 0 Å². The zero-order valence-electron chi connectivity index (χ0n) is 31.9. The van der Waals surface area contributed by atoms with E-state index in [1.54, 1.807) is 0 Å². The molecule has 9 aromatic carbocycles. The van der Waals surface area contributed by atoms with Gasteiger partial charge >= 0.3 is 0 Å². The van der Waals surface area contributed by atoms with E-state index in [2.05, 4.69) is 233 Å². The minimum absolute atomic E-state index is 0.157. The fourth-order valence-electron chi connectivity index (χ4n) is 10.2. The van der Waals surface area contributed by atoms with Crippen molar-refractivity contribution in [2.24, 2.45) is 0 Å². The molecule has 0 spiro atoms. The third-order valence-electron chi connectivity index (χ3n) is 12.6. The van der Waals surface area contributed by atoms with Crippen LogP contribution in [-0.4, -0.2) is 12.8 Å². The molecule has 0 N–H and O–H groups in total. The molecule has 4 heteroatoms. The van der Waals surface area contributed by atoms with Gasteiger partial charge in [-0.1, -0.05) is 146 Å². The molecule has 12 rings (SSSR count). The molecule has 0 radical (unpaired) electrons. The second-order valence-electron chi connectivity index (χ2n) is 15.6. The van der Waals surface area contributed by atoms with Crippen molar-refractivity contribution in [1.82, 2.24) is 0 Å². The quantitative estimate of drug-likeness (QED) is 0.129. The van der Waals surface area contributed by atoms with Gasteiger partial charge in [-0.05, 0) is 122 Å². The summed E-state index contributed by atoms with van der Waals surface area (Å²) < 4.78 is 0. The summed E-state index contributed by atoms with van der Waals surface area (Å²) in [4.78, 5) is 7.51. The van der Waals surface area contributed by atoms with Crippen molar-refractivity contribution in [1.29, 1.82) is 0 Å². The van der Waals surface area contributed by atoms with Crippen molar-refractivity contribution in [3.05, 3.63) is 218 Å². The molecule has 0 fully saturated rings. The van der Waals surface area contributed by atoms with Crippen LogP contribution in [-0.2, 0) is 0 Å². The Kier molecular flexibility index (Phi) is 7.46. The Hall–Kier alpha value is -7.30. The molecule has 0 amide bonds. The van der Waals surface area contributed by atoms with Crippen molar-refractivity contribution in [3.8, 4) is 0 Å². The summed E-state index contributed by atoms with van der Waals surface area (Å²) in [6, 6.07) is 71.6. The van der Waals surface area contributed by atoms with E-state index in [9.17, 15) is 0 Å². The Morgan fingerprint density at radius 3 is 1.64 bits per heavy atom. The van der Waals surface area contributed by atoms with Crippen LogP contribution in [0.5, 0.6) is 0 Å². The molecule has 2 atom stereocenters. The van der Waals surface area contributed by atoms with Crippen LogP contribution in [0.1, 0.15) is 0 Å². The third kappa shape index (κ3) is 4.95. The summed E-state index contributed by atoms with van der Waals surface area (Å²) in [6.07, 6.45) is 9.33. The lowest BCUT2D eigenvalue weighted by molar-refractivity contribution is 0.765. The van der Waals surface area contributed by atoms with E-state index in [-0.39, 0.29) is 18.6 Å². The number of benzene rings is 9. The highest BCUT2D eigenvalue weighted by molar-refractivity contribution is 6.91. The van der Waals surface area contributed by atoms with Crippen molar-refractivity contribution >= 4 is 95.5 Å². The molecule has 3 aliphatic rings. The van der Waals surface area contributed by atoms with Gasteiger partial charge in [-0.2, -0.15) is 0 Å². The van der Waals surface area contributed by atoms with Gasteiger partial charge in [-0.15, -0.1) is 0 Å². The summed E-state index contributed by atoms with van der Waals surface area (Å²) >= 11 is 0. The maximum absolute atomic E-state index is 2.57. The van der Waals surface area contributed by atoms with Gasteiger partial charge < -0.3 is 14.7 Å². The minimum Gasteiger partial charge on any atom is -0.335 e. The van der Waals surface area contributed by atoms with Gasteiger partial charge in [0.05, 0.1) is 6.04 Å². The second kappa shape index (κ2) is 13.1. The summed E-state index contributed by atoms with van der Waals surface area (Å²) in [6.45, 7) is 0.157. The van der Waals surface area contributed by atoms with E-state index in [4.69, 9.17) is 0 Å². The molecule has 9 aromatic rings. The van der Waals surface area contributed by atoms with Crippen LogP contribution < -0.4 is 25.6 Å². The van der Waals surface area contributed by atoms with Crippen LogP contribution in [0.25, 0.3) is 32.3 Å². The highest BCUT2D eigenvalue weighted by Gasteiger charge is 2.48. The van der Waals surface area contributed by atoms with Crippen molar-refractivity contribution in [2.45, 2.75) is 11.9 Å². The zero-order valence-corrected chi connectivity index (χ0v) is 31.9. The number of rotatable bonds is 5. The molecule has 3 nitrogen and oxygen atoms in total. The number of fused-ring (bicyclic) bond motifs is 10. The Balaban J connectivity index is 1.15. The van der Waals surface area contributed by atoms with Gasteiger partial charge in [0, 0.05) is 45.5 Å². The first kappa shape index (κ1) is 32.9. The van der Waals surface area contributed by atoms with Crippen molar-refractivity contribution in [2.75, 3.05) is 14.7 Å². The molecule has 0 saturated carbocycles. The molecular formula is C54H38BN3. The molecule has 0 saturated heterocycles. The summed E-state index contributed by atoms with van der Waals surface area (Å²) in [7, 11) is 0. The topological polar surface area (TPSA) is 9.72 Å². The van der Waals surface area contributed by atoms with E-state index < -0.39 is 0 Å². The van der Waals surface area contributed by atoms with Crippen LogP contribution in [0.15, 0.2) is 218 Å². The van der Waals surface area contributed by atoms with E-state index in [1.807, 2.05) is 0 Å². The molecule has 0 bridgehead atoms. The summed E-state index contributed by atoms with van der Waals surface area (Å²) in [5.41, 5.74) is 12.2. The normalized spacial score (nSPS) is 16.4. The molecule has 272 valence electrons. The number of nitrogens with zero attached hydrogens (tertiary/aromatic N) is 3. The Morgan fingerprint density at radius 1 is 0.397 bits per heavy atom. The van der Waals surface area contributed by atoms with Gasteiger partial charge in [0.15, 0.2) is 0 Å². The maximum atomic E-state index is 2.57. The highest BCUT2D eigenvalue weighted by Crippen LogP contribution is 2.49. The zero-order chi connectivity index (χ0) is 38.2. The molecular weight excluding hydrogens is 701 g/mol. The average molecular weight is 740 g/mol. The SMILES string of the molecule is C1=CC2B3c4ccc(N(c5ccccc5)c5ccccc5)cc4N(c4ccc5c6ccccc6c6ccccc6c5c4)c4cccc(c43)N(c3ccccc3)C2C=C1. The molecule has 58 heavy (non-hydrogen) atoms. The van der Waals surface area contributed by atoms with Crippen LogP contribution in [0.3, 0.4) is 0 Å². The van der Waals surface area contributed by atoms with E-state index in [0.29, 0.717) is 0 Å². The predicted octanol–water partition coefficient (Wildman–Crippen LogP) is 13.0. The number of para-hydroxylation sites is 3. The molecule has 2 unspecified atom stereocenters. The van der Waals surface area contributed by atoms with Crippen LogP contribution in [0.4, 0.5) is 45.5 Å². The predicted molar refractivity (Wildman–Crippen MR) is 248 cm³/mol. The lowest BCUT2D eigenvalue weighted by Crippen LogP contribution is -2.61. The van der Waals surface area contributed by atoms with E-state index in [1.165, 1.54) is 66.0 Å². The Labute approximate surface area is 339 Å². The van der Waals surface area contributed by atoms with Crippen molar-refractivity contribution in [3.63, 3.8) is 0 Å². The maximum Gasteiger partial charge on any atom is 0.226 e. The molecule has 2 heterocycles. The van der Waals surface area contributed by atoms with E-state index in [0.717, 1.165) is 22.7 Å². The van der Waals surface area contributed by atoms with Crippen LogP contribution >= 0.6 is 0 Å². The number of hydrogen-bond acceptors (Lipinski definition) is 3. The fraction of sp³-hybridized carbons (Fsp3) is 0.0370. The number of anilines is 8. The number of allylic oxidation sites excluding steroid dienone is 2. The first-order valence-corrected chi connectivity index (χ1v) is 20.3. The Morgan fingerprint density at radius 2 is 0.966 bits per heavy atom. The smallest absolute Gasteiger partial charge is 0.226 e. The lowest BCUT2D eigenvalue weighted by Gasteiger charge is -2.50. The second-order valence-corrected chi connectivity index (χ2v) is 15.6. The minimum atomic E-state index is 0.157. The van der Waals surface area contributed by atoms with Gasteiger partial charge in [0.1, 0.15) is 0 Å². The van der Waals surface area contributed by atoms with Gasteiger partial charge in [0.25, 0.3) is 0 Å². The van der Waals surface area contributed by atoms with Gasteiger partial charge in [-0.3, -0.25) is 0 Å². The van der Waals surface area contributed by atoms with Crippen molar-refractivity contribution < 1.29 is 0 Å².